The van der Waals surface area contributed by atoms with Crippen LogP contribution < -0.4 is 0 Å². The van der Waals surface area contributed by atoms with E-state index in [1.165, 1.54) is 6.42 Å². The van der Waals surface area contributed by atoms with Gasteiger partial charge in [-0.3, -0.25) is 0 Å². The van der Waals surface area contributed by atoms with Gasteiger partial charge in [-0.25, -0.2) is 0 Å². The Kier molecular flexibility index (Phi) is 50.0. The van der Waals surface area contributed by atoms with E-state index in [2.05, 4.69) is 55.4 Å². The van der Waals surface area contributed by atoms with Gasteiger partial charge in [0.15, 0.2) is 0 Å². The maximum Gasteiger partial charge on any atom is 0.0514 e. The van der Waals surface area contributed by atoms with Gasteiger partial charge in [-0.05, 0) is 49.9 Å². The summed E-state index contributed by atoms with van der Waals surface area (Å²) in [5.41, 5.74) is 0. The smallest absolute Gasteiger partial charge is 0.0514 e. The summed E-state index contributed by atoms with van der Waals surface area (Å²) in [5.74, 6) is 2.25. The lowest BCUT2D eigenvalue weighted by Gasteiger charge is -2.14. The van der Waals surface area contributed by atoms with E-state index in [-0.39, 0.29) is 6.10 Å². The highest BCUT2D eigenvalue weighted by molar-refractivity contribution is 4.57. The lowest BCUT2D eigenvalue weighted by molar-refractivity contribution is 0.168. The van der Waals surface area contributed by atoms with Crippen molar-refractivity contribution in [3.63, 3.8) is 0 Å². The summed E-state index contributed by atoms with van der Waals surface area (Å²) in [6.45, 7) is 22.1. The van der Waals surface area contributed by atoms with Gasteiger partial charge in [0.25, 0.3) is 0 Å². The molecule has 5 heteroatoms. The van der Waals surface area contributed by atoms with E-state index < -0.39 is 0 Å². The fraction of sp³-hybridized carbons (Fsp3) is 1.00. The quantitative estimate of drug-likeness (QED) is 0.225. The van der Waals surface area contributed by atoms with E-state index in [0.717, 1.165) is 44.9 Å². The Hall–Kier alpha value is -0.200. The summed E-state index contributed by atoms with van der Waals surface area (Å²) in [7, 11) is 0. The van der Waals surface area contributed by atoms with Crippen LogP contribution in [0.25, 0.3) is 0 Å². The molecule has 32 heavy (non-hydrogen) atoms. The summed E-state index contributed by atoms with van der Waals surface area (Å²) in [4.78, 5) is 0. The molecular weight excluding hydrogens is 404 g/mol. The van der Waals surface area contributed by atoms with Crippen LogP contribution in [0.15, 0.2) is 0 Å². The molecule has 0 aliphatic carbocycles. The van der Waals surface area contributed by atoms with Crippen LogP contribution >= 0.6 is 0 Å². The van der Waals surface area contributed by atoms with Crippen molar-refractivity contribution < 1.29 is 25.5 Å². The van der Waals surface area contributed by atoms with Crippen molar-refractivity contribution in [3.05, 3.63) is 0 Å². The van der Waals surface area contributed by atoms with Gasteiger partial charge in [0, 0.05) is 26.4 Å². The van der Waals surface area contributed by atoms with Gasteiger partial charge < -0.3 is 25.5 Å². The first kappa shape index (κ1) is 42.0. The second kappa shape index (κ2) is 38.1. The number of aliphatic hydroxyl groups excluding tert-OH is 5. The molecule has 0 bridgehead atoms. The molecule has 0 aromatic carbocycles. The minimum Gasteiger partial charge on any atom is -0.396 e. The summed E-state index contributed by atoms with van der Waals surface area (Å²) in [6, 6.07) is 0. The van der Waals surface area contributed by atoms with E-state index in [0.29, 0.717) is 50.1 Å². The van der Waals surface area contributed by atoms with Crippen LogP contribution in [0.4, 0.5) is 0 Å². The molecule has 5 N–H and O–H groups in total. The molecule has 0 aliphatic rings. The molecule has 0 rings (SSSR count). The van der Waals surface area contributed by atoms with Crippen LogP contribution in [0.1, 0.15) is 121 Å². The van der Waals surface area contributed by atoms with Crippen molar-refractivity contribution in [3.8, 4) is 0 Å². The predicted octanol–water partition coefficient (Wildman–Crippen LogP) is 6.05. The van der Waals surface area contributed by atoms with Gasteiger partial charge in [-0.1, -0.05) is 94.4 Å². The highest BCUT2D eigenvalue weighted by Crippen LogP contribution is 2.12. The van der Waals surface area contributed by atoms with E-state index in [9.17, 15) is 0 Å². The van der Waals surface area contributed by atoms with Crippen molar-refractivity contribution in [2.24, 2.45) is 23.7 Å². The third-order valence-corrected chi connectivity index (χ3v) is 4.80. The van der Waals surface area contributed by atoms with Gasteiger partial charge in [-0.15, -0.1) is 0 Å². The minimum absolute atomic E-state index is 0.125. The zero-order chi connectivity index (χ0) is 26.4. The van der Waals surface area contributed by atoms with Gasteiger partial charge in [-0.2, -0.15) is 0 Å². The van der Waals surface area contributed by atoms with Gasteiger partial charge in [0.05, 0.1) is 6.10 Å². The molecule has 0 saturated carbocycles. The summed E-state index contributed by atoms with van der Waals surface area (Å²) >= 11 is 0. The first-order valence-electron chi connectivity index (χ1n) is 13.1. The van der Waals surface area contributed by atoms with E-state index in [4.69, 9.17) is 25.5 Å². The Balaban J connectivity index is -0.0000000958. The molecule has 0 radical (unpaired) electrons. The lowest BCUT2D eigenvalue weighted by Crippen LogP contribution is -2.11. The van der Waals surface area contributed by atoms with Crippen molar-refractivity contribution in [2.75, 3.05) is 26.4 Å². The van der Waals surface area contributed by atoms with Crippen LogP contribution in [-0.2, 0) is 0 Å². The Morgan fingerprint density at radius 2 is 1.06 bits per heavy atom. The third-order valence-electron chi connectivity index (χ3n) is 4.80. The summed E-state index contributed by atoms with van der Waals surface area (Å²) in [5, 5.41) is 42.0. The van der Waals surface area contributed by atoms with Crippen LogP contribution in [0, 0.1) is 23.7 Å². The molecule has 0 fully saturated rings. The second-order valence-corrected chi connectivity index (χ2v) is 9.28. The monoisotopic (exact) mass is 468 g/mol. The normalized spacial score (nSPS) is 12.7. The van der Waals surface area contributed by atoms with Gasteiger partial charge >= 0.3 is 0 Å². The molecule has 202 valence electrons. The minimum atomic E-state index is -0.125. The number of hydrogen-bond donors (Lipinski definition) is 5. The Morgan fingerprint density at radius 1 is 0.594 bits per heavy atom. The van der Waals surface area contributed by atoms with E-state index in [1.807, 2.05) is 13.8 Å². The van der Waals surface area contributed by atoms with Crippen LogP contribution in [0.5, 0.6) is 0 Å². The summed E-state index contributed by atoms with van der Waals surface area (Å²) < 4.78 is 0. The molecule has 0 aromatic heterocycles. The third kappa shape index (κ3) is 57.1. The molecule has 0 heterocycles. The number of unbranched alkanes of at least 4 members (excludes halogenated alkanes) is 3. The molecular formula is C27H64O5. The van der Waals surface area contributed by atoms with Crippen molar-refractivity contribution >= 4 is 0 Å². The Bertz CT molecular complexity index is 251. The largest absolute Gasteiger partial charge is 0.396 e. The average Bonchev–Trinajstić information content (AvgIpc) is 2.73. The number of rotatable bonds is 12. The molecule has 3 atom stereocenters. The molecule has 0 saturated heterocycles. The highest BCUT2D eigenvalue weighted by atomic mass is 16.3. The Morgan fingerprint density at radius 3 is 1.09 bits per heavy atom. The fourth-order valence-electron chi connectivity index (χ4n) is 2.14. The first-order valence-corrected chi connectivity index (χ1v) is 13.1. The van der Waals surface area contributed by atoms with Crippen molar-refractivity contribution in [1.29, 1.82) is 0 Å². The molecule has 0 spiro atoms. The van der Waals surface area contributed by atoms with E-state index >= 15 is 0 Å². The summed E-state index contributed by atoms with van der Waals surface area (Å²) in [6.07, 6.45) is 8.33. The van der Waals surface area contributed by atoms with Gasteiger partial charge in [0.1, 0.15) is 0 Å². The maximum absolute atomic E-state index is 8.72. The van der Waals surface area contributed by atoms with Crippen molar-refractivity contribution in [2.45, 2.75) is 127 Å². The fourth-order valence-corrected chi connectivity index (χ4v) is 2.14. The molecule has 0 amide bonds. The van der Waals surface area contributed by atoms with Gasteiger partial charge in [0.2, 0.25) is 0 Å². The first-order chi connectivity index (χ1) is 15.0. The maximum atomic E-state index is 8.72. The number of hydrogen-bond acceptors (Lipinski definition) is 5. The van der Waals surface area contributed by atoms with E-state index in [1.54, 1.807) is 0 Å². The van der Waals surface area contributed by atoms with Crippen molar-refractivity contribution in [1.82, 2.24) is 0 Å². The lowest BCUT2D eigenvalue weighted by atomic mass is 9.95. The zero-order valence-electron chi connectivity index (χ0n) is 23.6. The molecule has 0 aliphatic heterocycles. The molecule has 3 unspecified atom stereocenters. The second-order valence-electron chi connectivity index (χ2n) is 9.28. The number of aliphatic hydroxyl groups is 5. The van der Waals surface area contributed by atoms with Crippen LogP contribution in [0.3, 0.4) is 0 Å². The standard InChI is InChI=1S/C7H16O.C6H14O.2C5H12O.C4H10O/c1-4-7(5-8)6(2)3;1-5(2)4-6(3)7;1-3-5(2)4-6;1-2-3-4-5-6;1-2-3-4-5/h6-8H,4-5H2,1-3H3;5-7H,4H2,1-3H3;5-6H,3-4H2,1-2H3;6H,2-5H2,1H3;5H,2-4H2,1H3. The predicted molar refractivity (Wildman–Crippen MR) is 142 cm³/mol. The SMILES string of the molecule is CC(C)CC(C)O.CCC(C)CO.CCC(CO)C(C)C.CCCCCO.CCCCO. The topological polar surface area (TPSA) is 101 Å². The van der Waals surface area contributed by atoms with Crippen LogP contribution in [0.2, 0.25) is 0 Å². The molecule has 5 nitrogen and oxygen atoms in total. The zero-order valence-corrected chi connectivity index (χ0v) is 23.6. The Labute approximate surface area is 202 Å². The highest BCUT2D eigenvalue weighted by Gasteiger charge is 2.07. The van der Waals surface area contributed by atoms with Crippen LogP contribution in [-0.4, -0.2) is 58.1 Å². The molecule has 0 aromatic rings. The average molecular weight is 469 g/mol.